The number of likely N-dealkylation sites (tertiary alicyclic amines) is 2. The van der Waals surface area contributed by atoms with Gasteiger partial charge in [-0.3, -0.25) is 9.59 Å². The number of rotatable bonds is 3. The van der Waals surface area contributed by atoms with Crippen molar-refractivity contribution >= 4 is 11.8 Å². The minimum Gasteiger partial charge on any atom is -0.342 e. The highest BCUT2D eigenvalue weighted by atomic mass is 16.2. The lowest BCUT2D eigenvalue weighted by atomic mass is 9.81. The van der Waals surface area contributed by atoms with Crippen LogP contribution in [0.15, 0.2) is 0 Å². The van der Waals surface area contributed by atoms with E-state index in [9.17, 15) is 9.59 Å². The van der Waals surface area contributed by atoms with Crippen LogP contribution in [0.1, 0.15) is 64.2 Å². The molecule has 156 valence electrons. The highest BCUT2D eigenvalue weighted by Crippen LogP contribution is 2.41. The van der Waals surface area contributed by atoms with Gasteiger partial charge in [0.25, 0.3) is 0 Å². The van der Waals surface area contributed by atoms with Gasteiger partial charge in [-0.05, 0) is 62.3 Å². The minimum atomic E-state index is -0.488. The van der Waals surface area contributed by atoms with Crippen LogP contribution >= 0.6 is 0 Å². The van der Waals surface area contributed by atoms with Gasteiger partial charge in [-0.2, -0.15) is 0 Å². The second kappa shape index (κ2) is 7.62. The van der Waals surface area contributed by atoms with Crippen LogP contribution in [-0.4, -0.2) is 60.9 Å². The summed E-state index contributed by atoms with van der Waals surface area (Å²) in [5.74, 6) is 3.36. The van der Waals surface area contributed by atoms with E-state index < -0.39 is 5.41 Å². The number of fused-ring (bicyclic) bond motifs is 2. The van der Waals surface area contributed by atoms with Gasteiger partial charge in [0, 0.05) is 39.1 Å². The summed E-state index contributed by atoms with van der Waals surface area (Å²) in [5.41, 5.74) is -0.488. The Morgan fingerprint density at radius 3 is 1.75 bits per heavy atom. The van der Waals surface area contributed by atoms with Crippen molar-refractivity contribution in [2.75, 3.05) is 39.3 Å². The second-order valence-corrected chi connectivity index (χ2v) is 10.5. The molecular weight excluding hydrogens is 350 g/mol. The summed E-state index contributed by atoms with van der Waals surface area (Å²) in [6, 6.07) is 0. The van der Waals surface area contributed by atoms with Gasteiger partial charge in [-0.25, -0.2) is 0 Å². The summed E-state index contributed by atoms with van der Waals surface area (Å²) in [4.78, 5) is 31.1. The Kier molecular flexibility index (Phi) is 5.14. The molecule has 3 heterocycles. The number of carbonyl (C=O) groups is 2. The zero-order valence-electron chi connectivity index (χ0n) is 17.3. The van der Waals surface area contributed by atoms with E-state index in [2.05, 4.69) is 15.1 Å². The molecule has 0 aromatic rings. The molecule has 0 bridgehead atoms. The Balaban J connectivity index is 1.26. The molecule has 5 aliphatic rings. The number of amides is 2. The summed E-state index contributed by atoms with van der Waals surface area (Å²) in [6.45, 7) is 5.31. The number of nitrogens with one attached hydrogen (secondary N) is 1. The molecule has 0 spiro atoms. The van der Waals surface area contributed by atoms with Crippen molar-refractivity contribution in [3.63, 3.8) is 0 Å². The van der Waals surface area contributed by atoms with E-state index in [4.69, 9.17) is 0 Å². The third-order valence-electron chi connectivity index (χ3n) is 8.78. The van der Waals surface area contributed by atoms with Gasteiger partial charge in [-0.1, -0.05) is 25.7 Å². The molecule has 0 aromatic carbocycles. The van der Waals surface area contributed by atoms with Crippen molar-refractivity contribution in [3.05, 3.63) is 0 Å². The molecule has 0 radical (unpaired) electrons. The topological polar surface area (TPSA) is 52.7 Å². The summed E-state index contributed by atoms with van der Waals surface area (Å²) >= 11 is 0. The third-order valence-corrected chi connectivity index (χ3v) is 8.78. The average Bonchev–Trinajstić information content (AvgIpc) is 3.44. The molecular formula is C23H37N3O2. The second-order valence-electron chi connectivity index (χ2n) is 10.5. The lowest BCUT2D eigenvalue weighted by Gasteiger charge is -2.33. The Morgan fingerprint density at radius 1 is 0.786 bits per heavy atom. The molecule has 3 saturated heterocycles. The third kappa shape index (κ3) is 3.38. The van der Waals surface area contributed by atoms with Gasteiger partial charge in [0.15, 0.2) is 0 Å². The fourth-order valence-electron chi connectivity index (χ4n) is 7.07. The first-order chi connectivity index (χ1) is 13.6. The fraction of sp³-hybridized carbons (Fsp3) is 0.913. The average molecular weight is 388 g/mol. The first-order valence-electron chi connectivity index (χ1n) is 11.9. The largest absolute Gasteiger partial charge is 0.342 e. The molecule has 28 heavy (non-hydrogen) atoms. The number of nitrogens with zero attached hydrogens (tertiary/aromatic N) is 2. The predicted molar refractivity (Wildman–Crippen MR) is 109 cm³/mol. The predicted octanol–water partition coefficient (Wildman–Crippen LogP) is 2.65. The van der Waals surface area contributed by atoms with Gasteiger partial charge in [0.1, 0.15) is 0 Å². The van der Waals surface area contributed by atoms with E-state index in [1.807, 2.05) is 0 Å². The number of hydrogen-bond acceptors (Lipinski definition) is 3. The van der Waals surface area contributed by atoms with Crippen LogP contribution in [0.4, 0.5) is 0 Å². The zero-order valence-corrected chi connectivity index (χ0v) is 17.3. The standard InChI is InChI=1S/C23H37N3O2/c27-21(25-12-17-5-1-2-6-18(17)13-25)11-23(9-10-24-16-23)22(28)26-14-19-7-3-4-8-20(19)15-26/h17-20,24H,1-16H2. The van der Waals surface area contributed by atoms with Crippen LogP contribution in [0.3, 0.4) is 0 Å². The molecule has 3 aliphatic heterocycles. The van der Waals surface area contributed by atoms with E-state index in [1.54, 1.807) is 0 Å². The molecule has 5 heteroatoms. The maximum atomic E-state index is 13.6. The van der Waals surface area contributed by atoms with Crippen molar-refractivity contribution in [1.29, 1.82) is 0 Å². The lowest BCUT2D eigenvalue weighted by Crippen LogP contribution is -2.47. The van der Waals surface area contributed by atoms with Crippen LogP contribution in [0, 0.1) is 29.1 Å². The highest BCUT2D eigenvalue weighted by Gasteiger charge is 2.49. The van der Waals surface area contributed by atoms with Crippen LogP contribution in [-0.2, 0) is 9.59 Å². The highest BCUT2D eigenvalue weighted by molar-refractivity contribution is 5.90. The molecule has 2 amide bonds. The molecule has 5 unspecified atom stereocenters. The number of hydrogen-bond donors (Lipinski definition) is 1. The van der Waals surface area contributed by atoms with Crippen molar-refractivity contribution in [2.45, 2.75) is 64.2 Å². The molecule has 1 N–H and O–H groups in total. The Bertz CT molecular complexity index is 587. The van der Waals surface area contributed by atoms with E-state index in [0.717, 1.165) is 39.1 Å². The first kappa shape index (κ1) is 18.9. The molecule has 5 rings (SSSR count). The van der Waals surface area contributed by atoms with E-state index in [-0.39, 0.29) is 11.8 Å². The molecule has 5 fully saturated rings. The van der Waals surface area contributed by atoms with Crippen LogP contribution in [0.2, 0.25) is 0 Å². The van der Waals surface area contributed by atoms with Gasteiger partial charge < -0.3 is 15.1 Å². The van der Waals surface area contributed by atoms with Gasteiger partial charge >= 0.3 is 0 Å². The van der Waals surface area contributed by atoms with E-state index in [1.165, 1.54) is 51.4 Å². The molecule has 2 aliphatic carbocycles. The van der Waals surface area contributed by atoms with Gasteiger partial charge in [0.2, 0.25) is 11.8 Å². The Labute approximate surface area is 169 Å². The Hall–Kier alpha value is -1.10. The maximum Gasteiger partial charge on any atom is 0.230 e. The van der Waals surface area contributed by atoms with Gasteiger partial charge in [0.05, 0.1) is 5.41 Å². The molecule has 5 atom stereocenters. The molecule has 2 saturated carbocycles. The maximum absolute atomic E-state index is 13.6. The van der Waals surface area contributed by atoms with Crippen molar-refractivity contribution in [2.24, 2.45) is 29.1 Å². The first-order valence-corrected chi connectivity index (χ1v) is 11.9. The SMILES string of the molecule is O=C(CC1(C(=O)N2CC3CCCCC3C2)CCNC1)N1CC2CCCCC2C1. The van der Waals surface area contributed by atoms with Crippen molar-refractivity contribution in [3.8, 4) is 0 Å². The van der Waals surface area contributed by atoms with Crippen LogP contribution in [0.5, 0.6) is 0 Å². The van der Waals surface area contributed by atoms with E-state index >= 15 is 0 Å². The van der Waals surface area contributed by atoms with Gasteiger partial charge in [-0.15, -0.1) is 0 Å². The van der Waals surface area contributed by atoms with Crippen molar-refractivity contribution < 1.29 is 9.59 Å². The summed E-state index contributed by atoms with van der Waals surface area (Å²) in [5, 5.41) is 3.41. The summed E-state index contributed by atoms with van der Waals surface area (Å²) in [7, 11) is 0. The summed E-state index contributed by atoms with van der Waals surface area (Å²) < 4.78 is 0. The van der Waals surface area contributed by atoms with Crippen molar-refractivity contribution in [1.82, 2.24) is 15.1 Å². The van der Waals surface area contributed by atoms with E-state index in [0.29, 0.717) is 36.6 Å². The summed E-state index contributed by atoms with van der Waals surface area (Å²) in [6.07, 6.45) is 11.7. The Morgan fingerprint density at radius 2 is 1.29 bits per heavy atom. The number of carbonyl (C=O) groups excluding carboxylic acids is 2. The zero-order chi connectivity index (χ0) is 19.1. The molecule has 5 nitrogen and oxygen atoms in total. The van der Waals surface area contributed by atoms with Crippen LogP contribution in [0.25, 0.3) is 0 Å². The minimum absolute atomic E-state index is 0.239. The quantitative estimate of drug-likeness (QED) is 0.810. The monoisotopic (exact) mass is 387 g/mol. The smallest absolute Gasteiger partial charge is 0.230 e. The molecule has 0 aromatic heterocycles. The fourth-order valence-corrected chi connectivity index (χ4v) is 7.07. The lowest BCUT2D eigenvalue weighted by molar-refractivity contribution is -0.146. The normalized spacial score (nSPS) is 40.4. The van der Waals surface area contributed by atoms with Crippen LogP contribution < -0.4 is 5.32 Å².